The molecular formula is C19H17N5O4. The Labute approximate surface area is 159 Å². The SMILES string of the molecule is Cn1c(=O)[nH]cc(C(=O)Nc2cccc(C(=O)NCc3ccccn3)c2)c1=O. The van der Waals surface area contributed by atoms with Gasteiger partial charge in [0.15, 0.2) is 0 Å². The van der Waals surface area contributed by atoms with Gasteiger partial charge >= 0.3 is 5.69 Å². The molecule has 0 saturated heterocycles. The van der Waals surface area contributed by atoms with Crippen molar-refractivity contribution >= 4 is 17.5 Å². The van der Waals surface area contributed by atoms with Crippen LogP contribution >= 0.6 is 0 Å². The highest BCUT2D eigenvalue weighted by Crippen LogP contribution is 2.11. The van der Waals surface area contributed by atoms with Gasteiger partial charge in [0.1, 0.15) is 5.56 Å². The first-order chi connectivity index (χ1) is 13.5. The fourth-order valence-electron chi connectivity index (χ4n) is 2.44. The lowest BCUT2D eigenvalue weighted by Crippen LogP contribution is -2.37. The third-order valence-electron chi connectivity index (χ3n) is 3.96. The number of anilines is 1. The Hall–Kier alpha value is -4.01. The molecule has 2 amide bonds. The number of pyridine rings is 1. The number of nitrogens with zero attached hydrogens (tertiary/aromatic N) is 2. The van der Waals surface area contributed by atoms with Crippen LogP contribution in [0.5, 0.6) is 0 Å². The number of hydrogen-bond donors (Lipinski definition) is 3. The third-order valence-corrected chi connectivity index (χ3v) is 3.96. The van der Waals surface area contributed by atoms with Crippen LogP contribution in [-0.4, -0.2) is 26.3 Å². The van der Waals surface area contributed by atoms with Gasteiger partial charge in [0.25, 0.3) is 17.4 Å². The summed E-state index contributed by atoms with van der Waals surface area (Å²) < 4.78 is 0.802. The van der Waals surface area contributed by atoms with E-state index in [1.54, 1.807) is 36.5 Å². The van der Waals surface area contributed by atoms with E-state index in [0.29, 0.717) is 16.9 Å². The maximum absolute atomic E-state index is 12.3. The standard InChI is InChI=1S/C19H17N5O4/c1-24-18(27)15(11-22-19(24)28)17(26)23-13-7-4-5-12(9-13)16(25)21-10-14-6-2-3-8-20-14/h2-9,11H,10H2,1H3,(H,21,25)(H,22,28)(H,23,26). The van der Waals surface area contributed by atoms with Crippen molar-refractivity contribution in [3.63, 3.8) is 0 Å². The van der Waals surface area contributed by atoms with Crippen LogP contribution in [0.15, 0.2) is 64.4 Å². The van der Waals surface area contributed by atoms with Crippen LogP contribution in [0.4, 0.5) is 5.69 Å². The van der Waals surface area contributed by atoms with E-state index in [1.165, 1.54) is 13.1 Å². The molecule has 3 aromatic rings. The number of aromatic amines is 1. The summed E-state index contributed by atoms with van der Waals surface area (Å²) in [5, 5.41) is 5.29. The zero-order chi connectivity index (χ0) is 20.1. The summed E-state index contributed by atoms with van der Waals surface area (Å²) in [6, 6.07) is 11.7. The zero-order valence-electron chi connectivity index (χ0n) is 14.9. The summed E-state index contributed by atoms with van der Waals surface area (Å²) in [6.07, 6.45) is 2.70. The molecule has 0 unspecified atom stereocenters. The Balaban J connectivity index is 1.72. The lowest BCUT2D eigenvalue weighted by Gasteiger charge is -2.08. The van der Waals surface area contributed by atoms with E-state index < -0.39 is 17.2 Å². The van der Waals surface area contributed by atoms with Gasteiger partial charge in [0, 0.05) is 30.7 Å². The van der Waals surface area contributed by atoms with Crippen molar-refractivity contribution in [1.29, 1.82) is 0 Å². The Kier molecular flexibility index (Phi) is 5.45. The average molecular weight is 379 g/mol. The van der Waals surface area contributed by atoms with Crippen LogP contribution in [-0.2, 0) is 13.6 Å². The number of benzene rings is 1. The molecule has 0 aliphatic rings. The van der Waals surface area contributed by atoms with Crippen LogP contribution < -0.4 is 21.9 Å². The maximum Gasteiger partial charge on any atom is 0.328 e. The highest BCUT2D eigenvalue weighted by Gasteiger charge is 2.14. The number of hydrogen-bond acceptors (Lipinski definition) is 5. The fraction of sp³-hybridized carbons (Fsp3) is 0.105. The first kappa shape index (κ1) is 18.8. The van der Waals surface area contributed by atoms with Crippen LogP contribution in [0.1, 0.15) is 26.4 Å². The molecule has 0 aliphatic heterocycles. The molecule has 0 atom stereocenters. The monoisotopic (exact) mass is 379 g/mol. The largest absolute Gasteiger partial charge is 0.346 e. The predicted molar refractivity (Wildman–Crippen MR) is 102 cm³/mol. The number of rotatable bonds is 5. The van der Waals surface area contributed by atoms with E-state index in [4.69, 9.17) is 0 Å². The molecule has 0 radical (unpaired) electrons. The van der Waals surface area contributed by atoms with Gasteiger partial charge in [-0.3, -0.25) is 23.9 Å². The average Bonchev–Trinajstić information content (AvgIpc) is 2.71. The van der Waals surface area contributed by atoms with Crippen molar-refractivity contribution in [3.8, 4) is 0 Å². The smallest absolute Gasteiger partial charge is 0.328 e. The third kappa shape index (κ3) is 4.21. The molecule has 142 valence electrons. The minimum absolute atomic E-state index is 0.216. The number of aromatic nitrogens is 3. The Morgan fingerprint density at radius 1 is 1.11 bits per heavy atom. The summed E-state index contributed by atoms with van der Waals surface area (Å²) in [5.41, 5.74) is -0.160. The fourth-order valence-corrected chi connectivity index (χ4v) is 2.44. The second-order valence-electron chi connectivity index (χ2n) is 5.91. The van der Waals surface area contributed by atoms with Crippen molar-refractivity contribution < 1.29 is 9.59 Å². The number of amides is 2. The number of carbonyl (C=O) groups excluding carboxylic acids is 2. The van der Waals surface area contributed by atoms with Crippen molar-refractivity contribution in [1.82, 2.24) is 19.9 Å². The summed E-state index contributed by atoms with van der Waals surface area (Å²) in [4.78, 5) is 54.5. The lowest BCUT2D eigenvalue weighted by atomic mass is 10.1. The molecule has 28 heavy (non-hydrogen) atoms. The second kappa shape index (κ2) is 8.12. The van der Waals surface area contributed by atoms with Gasteiger partial charge in [0.2, 0.25) is 0 Å². The van der Waals surface area contributed by atoms with E-state index in [0.717, 1.165) is 10.8 Å². The van der Waals surface area contributed by atoms with Gasteiger partial charge in [-0.1, -0.05) is 12.1 Å². The van der Waals surface area contributed by atoms with Crippen LogP contribution in [0, 0.1) is 0 Å². The molecule has 0 saturated carbocycles. The first-order valence-corrected chi connectivity index (χ1v) is 8.34. The van der Waals surface area contributed by atoms with Crippen molar-refractivity contribution in [2.75, 3.05) is 5.32 Å². The minimum Gasteiger partial charge on any atom is -0.346 e. The van der Waals surface area contributed by atoms with Gasteiger partial charge in [-0.15, -0.1) is 0 Å². The van der Waals surface area contributed by atoms with E-state index in [-0.39, 0.29) is 18.0 Å². The normalized spacial score (nSPS) is 10.3. The quantitative estimate of drug-likeness (QED) is 0.600. The maximum atomic E-state index is 12.3. The molecule has 0 bridgehead atoms. The highest BCUT2D eigenvalue weighted by atomic mass is 16.2. The van der Waals surface area contributed by atoms with Gasteiger partial charge in [-0.25, -0.2) is 4.79 Å². The van der Waals surface area contributed by atoms with E-state index in [9.17, 15) is 19.2 Å². The van der Waals surface area contributed by atoms with Gasteiger partial charge in [0.05, 0.1) is 12.2 Å². The molecule has 0 fully saturated rings. The van der Waals surface area contributed by atoms with Crippen molar-refractivity contribution in [2.45, 2.75) is 6.54 Å². The molecule has 3 rings (SSSR count). The molecular weight excluding hydrogens is 362 g/mol. The summed E-state index contributed by atoms with van der Waals surface area (Å²) >= 11 is 0. The zero-order valence-corrected chi connectivity index (χ0v) is 14.9. The molecule has 3 N–H and O–H groups in total. The van der Waals surface area contributed by atoms with Crippen molar-refractivity contribution in [2.24, 2.45) is 7.05 Å². The molecule has 9 heteroatoms. The van der Waals surface area contributed by atoms with Crippen molar-refractivity contribution in [3.05, 3.63) is 92.5 Å². The Morgan fingerprint density at radius 2 is 1.93 bits per heavy atom. The minimum atomic E-state index is -0.717. The summed E-state index contributed by atoms with van der Waals surface area (Å²) in [5.74, 6) is -1.02. The summed E-state index contributed by atoms with van der Waals surface area (Å²) in [7, 11) is 1.27. The number of H-pyrrole nitrogens is 1. The molecule has 0 spiro atoms. The van der Waals surface area contributed by atoms with Crippen LogP contribution in [0.25, 0.3) is 0 Å². The molecule has 2 aromatic heterocycles. The Bertz CT molecular complexity index is 1130. The van der Waals surface area contributed by atoms with Crippen LogP contribution in [0.3, 0.4) is 0 Å². The Morgan fingerprint density at radius 3 is 2.68 bits per heavy atom. The van der Waals surface area contributed by atoms with E-state index >= 15 is 0 Å². The second-order valence-corrected chi connectivity index (χ2v) is 5.91. The lowest BCUT2D eigenvalue weighted by molar-refractivity contribution is 0.0949. The molecule has 2 heterocycles. The topological polar surface area (TPSA) is 126 Å². The molecule has 9 nitrogen and oxygen atoms in total. The number of carbonyl (C=O) groups is 2. The number of nitrogens with one attached hydrogen (secondary N) is 3. The molecule has 0 aliphatic carbocycles. The first-order valence-electron chi connectivity index (χ1n) is 8.34. The van der Waals surface area contributed by atoms with E-state index in [2.05, 4.69) is 20.6 Å². The van der Waals surface area contributed by atoms with Gasteiger partial charge < -0.3 is 15.6 Å². The molecule has 1 aromatic carbocycles. The van der Waals surface area contributed by atoms with E-state index in [1.807, 2.05) is 6.07 Å². The highest BCUT2D eigenvalue weighted by molar-refractivity contribution is 6.04. The summed E-state index contributed by atoms with van der Waals surface area (Å²) in [6.45, 7) is 0.268. The van der Waals surface area contributed by atoms with Gasteiger partial charge in [-0.2, -0.15) is 0 Å². The van der Waals surface area contributed by atoms with Gasteiger partial charge in [-0.05, 0) is 30.3 Å². The predicted octanol–water partition coefficient (Wildman–Crippen LogP) is 0.651. The van der Waals surface area contributed by atoms with Crippen LogP contribution in [0.2, 0.25) is 0 Å².